The van der Waals surface area contributed by atoms with Gasteiger partial charge in [-0.05, 0) is 59.1 Å². The zero-order chi connectivity index (χ0) is 14.7. The Labute approximate surface area is 135 Å². The molecule has 104 valence electrons. The molecule has 1 amide bonds. The van der Waals surface area contributed by atoms with E-state index in [1.807, 2.05) is 50.2 Å². The van der Waals surface area contributed by atoms with E-state index in [4.69, 9.17) is 0 Å². The molecule has 0 spiro atoms. The lowest BCUT2D eigenvalue weighted by Crippen LogP contribution is -2.27. The van der Waals surface area contributed by atoms with Crippen molar-refractivity contribution in [1.29, 1.82) is 0 Å². The third-order valence-electron chi connectivity index (χ3n) is 3.18. The van der Waals surface area contributed by atoms with Gasteiger partial charge >= 0.3 is 0 Å². The Morgan fingerprint density at radius 1 is 1.15 bits per heavy atom. The zero-order valence-corrected chi connectivity index (χ0v) is 14.5. The second kappa shape index (κ2) is 6.55. The smallest absolute Gasteiger partial charge is 0.252 e. The normalized spacial score (nSPS) is 12.0. The highest BCUT2D eigenvalue weighted by molar-refractivity contribution is 9.11. The quantitative estimate of drug-likeness (QED) is 0.775. The van der Waals surface area contributed by atoms with Gasteiger partial charge in [-0.1, -0.05) is 40.2 Å². The van der Waals surface area contributed by atoms with Gasteiger partial charge in [0.05, 0.1) is 11.6 Å². The topological polar surface area (TPSA) is 29.1 Å². The molecule has 0 heterocycles. The first-order valence-corrected chi connectivity index (χ1v) is 7.89. The minimum Gasteiger partial charge on any atom is -0.345 e. The van der Waals surface area contributed by atoms with E-state index in [2.05, 4.69) is 37.2 Å². The summed E-state index contributed by atoms with van der Waals surface area (Å²) in [5.74, 6) is -0.0832. The molecule has 20 heavy (non-hydrogen) atoms. The molecule has 0 bridgehead atoms. The lowest BCUT2D eigenvalue weighted by Gasteiger charge is -2.17. The molecule has 2 aromatic carbocycles. The Hall–Kier alpha value is -1.13. The van der Waals surface area contributed by atoms with Gasteiger partial charge in [-0.2, -0.15) is 0 Å². The molecule has 0 aliphatic carbocycles. The maximum Gasteiger partial charge on any atom is 0.252 e. The van der Waals surface area contributed by atoms with Crippen LogP contribution in [0.5, 0.6) is 0 Å². The number of nitrogens with one attached hydrogen (secondary N) is 1. The third-order valence-corrected chi connectivity index (χ3v) is 4.33. The van der Waals surface area contributed by atoms with Crippen molar-refractivity contribution in [1.82, 2.24) is 5.32 Å². The Bertz CT molecular complexity index is 640. The maximum atomic E-state index is 12.3. The average Bonchev–Trinajstić information content (AvgIpc) is 2.38. The van der Waals surface area contributed by atoms with Crippen molar-refractivity contribution in [3.8, 4) is 0 Å². The van der Waals surface area contributed by atoms with Crippen LogP contribution in [0, 0.1) is 6.92 Å². The highest BCUT2D eigenvalue weighted by atomic mass is 79.9. The van der Waals surface area contributed by atoms with Crippen LogP contribution in [0.25, 0.3) is 0 Å². The van der Waals surface area contributed by atoms with Crippen LogP contribution in [-0.2, 0) is 0 Å². The van der Waals surface area contributed by atoms with E-state index >= 15 is 0 Å². The SMILES string of the molecule is Cc1ccccc1C(C)NC(=O)c1ccc(Br)cc1Br. The molecular formula is C16H15Br2NO. The van der Waals surface area contributed by atoms with Gasteiger partial charge in [0.1, 0.15) is 0 Å². The van der Waals surface area contributed by atoms with Gasteiger partial charge in [-0.15, -0.1) is 0 Å². The molecule has 2 aromatic rings. The van der Waals surface area contributed by atoms with Gasteiger partial charge in [0.25, 0.3) is 5.91 Å². The molecule has 2 rings (SSSR count). The molecule has 1 N–H and O–H groups in total. The molecule has 0 aliphatic heterocycles. The second-order valence-corrected chi connectivity index (χ2v) is 6.45. The summed E-state index contributed by atoms with van der Waals surface area (Å²) in [6, 6.07) is 13.6. The number of benzene rings is 2. The standard InChI is InChI=1S/C16H15Br2NO/c1-10-5-3-4-6-13(10)11(2)19-16(20)14-8-7-12(17)9-15(14)18/h3-9,11H,1-2H3,(H,19,20). The molecule has 2 nitrogen and oxygen atoms in total. The van der Waals surface area contributed by atoms with Crippen molar-refractivity contribution in [2.75, 3.05) is 0 Å². The van der Waals surface area contributed by atoms with E-state index < -0.39 is 0 Å². The first-order chi connectivity index (χ1) is 9.49. The molecule has 0 aliphatic rings. The van der Waals surface area contributed by atoms with Gasteiger partial charge < -0.3 is 5.32 Å². The number of halogens is 2. The number of hydrogen-bond donors (Lipinski definition) is 1. The van der Waals surface area contributed by atoms with Crippen LogP contribution in [0.2, 0.25) is 0 Å². The highest BCUT2D eigenvalue weighted by Crippen LogP contribution is 2.23. The summed E-state index contributed by atoms with van der Waals surface area (Å²) in [7, 11) is 0. The Balaban J connectivity index is 2.17. The largest absolute Gasteiger partial charge is 0.345 e. The van der Waals surface area contributed by atoms with E-state index in [-0.39, 0.29) is 11.9 Å². The first-order valence-electron chi connectivity index (χ1n) is 6.30. The zero-order valence-electron chi connectivity index (χ0n) is 11.3. The summed E-state index contributed by atoms with van der Waals surface area (Å²) >= 11 is 6.80. The van der Waals surface area contributed by atoms with E-state index in [9.17, 15) is 4.79 Å². The van der Waals surface area contributed by atoms with Gasteiger partial charge in [0.2, 0.25) is 0 Å². The molecule has 0 aromatic heterocycles. The van der Waals surface area contributed by atoms with Crippen LogP contribution in [0.15, 0.2) is 51.4 Å². The number of aryl methyl sites for hydroxylation is 1. The Morgan fingerprint density at radius 2 is 1.85 bits per heavy atom. The fraction of sp³-hybridized carbons (Fsp3) is 0.188. The van der Waals surface area contributed by atoms with Crippen molar-refractivity contribution < 1.29 is 4.79 Å². The molecular weight excluding hydrogens is 382 g/mol. The molecule has 1 atom stereocenters. The summed E-state index contributed by atoms with van der Waals surface area (Å²) in [5.41, 5.74) is 2.94. The molecule has 0 saturated heterocycles. The first kappa shape index (κ1) is 15.3. The number of carbonyl (C=O) groups excluding carboxylic acids is 1. The predicted octanol–water partition coefficient (Wildman–Crippen LogP) is 5.01. The minimum atomic E-state index is -0.0832. The van der Waals surface area contributed by atoms with Crippen molar-refractivity contribution >= 4 is 37.8 Å². The molecule has 4 heteroatoms. The Morgan fingerprint density at radius 3 is 2.50 bits per heavy atom. The van der Waals surface area contributed by atoms with Crippen LogP contribution in [0.4, 0.5) is 0 Å². The van der Waals surface area contributed by atoms with Crippen LogP contribution in [-0.4, -0.2) is 5.91 Å². The third kappa shape index (κ3) is 3.49. The van der Waals surface area contributed by atoms with Crippen molar-refractivity contribution in [2.24, 2.45) is 0 Å². The van der Waals surface area contributed by atoms with Crippen LogP contribution in [0.3, 0.4) is 0 Å². The summed E-state index contributed by atoms with van der Waals surface area (Å²) in [5, 5.41) is 3.03. The number of carbonyl (C=O) groups is 1. The molecule has 1 unspecified atom stereocenters. The van der Waals surface area contributed by atoms with E-state index in [1.54, 1.807) is 6.07 Å². The lowest BCUT2D eigenvalue weighted by atomic mass is 10.0. The Kier molecular flexibility index (Phi) is 5.00. The highest BCUT2D eigenvalue weighted by Gasteiger charge is 2.15. The fourth-order valence-corrected chi connectivity index (χ4v) is 3.33. The molecule has 0 saturated carbocycles. The fourth-order valence-electron chi connectivity index (χ4n) is 2.10. The predicted molar refractivity (Wildman–Crippen MR) is 88.9 cm³/mol. The van der Waals surface area contributed by atoms with Gasteiger partial charge in [0, 0.05) is 8.95 Å². The second-order valence-electron chi connectivity index (χ2n) is 4.68. The maximum absolute atomic E-state index is 12.3. The van der Waals surface area contributed by atoms with Gasteiger partial charge in [0.15, 0.2) is 0 Å². The van der Waals surface area contributed by atoms with E-state index in [0.717, 1.165) is 14.5 Å². The van der Waals surface area contributed by atoms with Crippen molar-refractivity contribution in [2.45, 2.75) is 19.9 Å². The molecule has 0 radical (unpaired) electrons. The number of hydrogen-bond acceptors (Lipinski definition) is 1. The van der Waals surface area contributed by atoms with E-state index in [1.165, 1.54) is 5.56 Å². The van der Waals surface area contributed by atoms with Crippen LogP contribution < -0.4 is 5.32 Å². The lowest BCUT2D eigenvalue weighted by molar-refractivity contribution is 0.0939. The summed E-state index contributed by atoms with van der Waals surface area (Å²) in [6.45, 7) is 4.04. The van der Waals surface area contributed by atoms with E-state index in [0.29, 0.717) is 5.56 Å². The van der Waals surface area contributed by atoms with Crippen LogP contribution in [0.1, 0.15) is 34.5 Å². The van der Waals surface area contributed by atoms with Gasteiger partial charge in [-0.25, -0.2) is 0 Å². The molecule has 0 fully saturated rings. The summed E-state index contributed by atoms with van der Waals surface area (Å²) < 4.78 is 1.72. The van der Waals surface area contributed by atoms with Crippen LogP contribution >= 0.6 is 31.9 Å². The van der Waals surface area contributed by atoms with Crippen molar-refractivity contribution in [3.05, 3.63) is 68.1 Å². The van der Waals surface area contributed by atoms with Crippen molar-refractivity contribution in [3.63, 3.8) is 0 Å². The number of rotatable bonds is 3. The summed E-state index contributed by atoms with van der Waals surface area (Å²) in [4.78, 5) is 12.3. The monoisotopic (exact) mass is 395 g/mol. The number of amides is 1. The van der Waals surface area contributed by atoms with Gasteiger partial charge in [-0.3, -0.25) is 4.79 Å². The minimum absolute atomic E-state index is 0.0285. The summed E-state index contributed by atoms with van der Waals surface area (Å²) in [6.07, 6.45) is 0. The average molecular weight is 397 g/mol.